The average molecular weight is 292 g/mol. The second-order valence-electron chi connectivity index (χ2n) is 5.21. The number of ether oxygens (including phenoxy) is 2. The third-order valence-electron chi connectivity index (χ3n) is 3.62. The fourth-order valence-electron chi connectivity index (χ4n) is 2.41. The maximum atomic E-state index is 12.1. The lowest BCUT2D eigenvalue weighted by Crippen LogP contribution is -2.35. The molecule has 1 atom stereocenters. The van der Waals surface area contributed by atoms with E-state index in [-0.39, 0.29) is 11.8 Å². The second-order valence-corrected chi connectivity index (χ2v) is 5.21. The van der Waals surface area contributed by atoms with Gasteiger partial charge in [-0.15, -0.1) is 0 Å². The van der Waals surface area contributed by atoms with Gasteiger partial charge in [-0.1, -0.05) is 18.2 Å². The Bertz CT molecular complexity index is 445. The molecular formula is C16H24N2O3. The Kier molecular flexibility index (Phi) is 6.50. The maximum absolute atomic E-state index is 12.1. The zero-order chi connectivity index (χ0) is 14.9. The van der Waals surface area contributed by atoms with Crippen LogP contribution in [-0.2, 0) is 20.8 Å². The van der Waals surface area contributed by atoms with Gasteiger partial charge in [0.15, 0.2) is 0 Å². The molecule has 0 radical (unpaired) electrons. The van der Waals surface area contributed by atoms with E-state index >= 15 is 0 Å². The summed E-state index contributed by atoms with van der Waals surface area (Å²) in [5.41, 5.74) is 2.12. The number of hydrogen-bond acceptors (Lipinski definition) is 4. The highest BCUT2D eigenvalue weighted by Crippen LogP contribution is 2.16. The standard InChI is InChI=1S/C16H24N2O3/c1-20-10-8-17-15-7-3-2-5-13(15)11-18-16(19)14-6-4-9-21-12-14/h2-3,5,7,14,17H,4,6,8-12H2,1H3,(H,18,19)/t14-/m1/s1. The minimum atomic E-state index is -0.00707. The van der Waals surface area contributed by atoms with Gasteiger partial charge in [0.1, 0.15) is 0 Å². The molecule has 1 fully saturated rings. The van der Waals surface area contributed by atoms with E-state index in [1.165, 1.54) is 0 Å². The van der Waals surface area contributed by atoms with Crippen molar-refractivity contribution in [1.29, 1.82) is 0 Å². The van der Waals surface area contributed by atoms with Crippen LogP contribution in [0.4, 0.5) is 5.69 Å². The monoisotopic (exact) mass is 292 g/mol. The van der Waals surface area contributed by atoms with Crippen molar-refractivity contribution >= 4 is 11.6 Å². The lowest BCUT2D eigenvalue weighted by Gasteiger charge is -2.21. The van der Waals surface area contributed by atoms with Gasteiger partial charge in [0, 0.05) is 32.5 Å². The molecule has 0 bridgehead atoms. The minimum Gasteiger partial charge on any atom is -0.383 e. The van der Waals surface area contributed by atoms with Gasteiger partial charge in [-0.25, -0.2) is 0 Å². The first-order valence-electron chi connectivity index (χ1n) is 7.47. The summed E-state index contributed by atoms with van der Waals surface area (Å²) in [6.45, 7) is 3.25. The highest BCUT2D eigenvalue weighted by atomic mass is 16.5. The summed E-state index contributed by atoms with van der Waals surface area (Å²) in [4.78, 5) is 12.1. The molecule has 0 aliphatic carbocycles. The topological polar surface area (TPSA) is 59.6 Å². The molecule has 1 aliphatic heterocycles. The Labute approximate surface area is 126 Å². The van der Waals surface area contributed by atoms with Gasteiger partial charge in [0.25, 0.3) is 0 Å². The van der Waals surface area contributed by atoms with Crippen molar-refractivity contribution < 1.29 is 14.3 Å². The van der Waals surface area contributed by atoms with E-state index in [1.807, 2.05) is 24.3 Å². The Balaban J connectivity index is 1.85. The Hall–Kier alpha value is -1.59. The van der Waals surface area contributed by atoms with Gasteiger partial charge in [-0.2, -0.15) is 0 Å². The number of hydrogen-bond donors (Lipinski definition) is 2. The number of carbonyl (C=O) groups is 1. The van der Waals surface area contributed by atoms with Crippen LogP contribution in [0.15, 0.2) is 24.3 Å². The van der Waals surface area contributed by atoms with Gasteiger partial charge < -0.3 is 20.1 Å². The van der Waals surface area contributed by atoms with Gasteiger partial charge in [-0.05, 0) is 24.5 Å². The van der Waals surface area contributed by atoms with Crippen LogP contribution in [0.1, 0.15) is 18.4 Å². The molecule has 116 valence electrons. The maximum Gasteiger partial charge on any atom is 0.225 e. The zero-order valence-electron chi connectivity index (χ0n) is 12.6. The van der Waals surface area contributed by atoms with Crippen LogP contribution in [0.5, 0.6) is 0 Å². The van der Waals surface area contributed by atoms with Gasteiger partial charge in [0.05, 0.1) is 19.1 Å². The van der Waals surface area contributed by atoms with Gasteiger partial charge in [0.2, 0.25) is 5.91 Å². The van der Waals surface area contributed by atoms with Crippen LogP contribution >= 0.6 is 0 Å². The molecule has 2 rings (SSSR count). The van der Waals surface area contributed by atoms with E-state index < -0.39 is 0 Å². The normalized spacial score (nSPS) is 18.2. The largest absolute Gasteiger partial charge is 0.383 e. The molecule has 1 aromatic carbocycles. The van der Waals surface area contributed by atoms with Crippen LogP contribution in [0.2, 0.25) is 0 Å². The lowest BCUT2D eigenvalue weighted by molar-refractivity contribution is -0.129. The summed E-state index contributed by atoms with van der Waals surface area (Å²) < 4.78 is 10.4. The van der Waals surface area contributed by atoms with Crippen LogP contribution in [0, 0.1) is 5.92 Å². The number of nitrogens with one attached hydrogen (secondary N) is 2. The fourth-order valence-corrected chi connectivity index (χ4v) is 2.41. The fraction of sp³-hybridized carbons (Fsp3) is 0.562. The third-order valence-corrected chi connectivity index (χ3v) is 3.62. The van der Waals surface area contributed by atoms with Gasteiger partial charge in [-0.3, -0.25) is 4.79 Å². The number of rotatable bonds is 7. The lowest BCUT2D eigenvalue weighted by atomic mass is 10.0. The second kappa shape index (κ2) is 8.64. The summed E-state index contributed by atoms with van der Waals surface area (Å²) >= 11 is 0. The average Bonchev–Trinajstić information content (AvgIpc) is 2.54. The molecule has 21 heavy (non-hydrogen) atoms. The molecule has 5 nitrogen and oxygen atoms in total. The van der Waals surface area contributed by atoms with E-state index in [0.29, 0.717) is 19.8 Å². The number of benzene rings is 1. The molecule has 2 N–H and O–H groups in total. The van der Waals surface area contributed by atoms with Crippen molar-refractivity contribution in [2.75, 3.05) is 38.8 Å². The van der Waals surface area contributed by atoms with E-state index in [1.54, 1.807) is 7.11 Å². The van der Waals surface area contributed by atoms with E-state index in [0.717, 1.165) is 37.2 Å². The van der Waals surface area contributed by atoms with E-state index in [9.17, 15) is 4.79 Å². The first-order chi connectivity index (χ1) is 10.3. The molecule has 0 unspecified atom stereocenters. The first-order valence-corrected chi connectivity index (χ1v) is 7.47. The third kappa shape index (κ3) is 5.02. The smallest absolute Gasteiger partial charge is 0.225 e. The van der Waals surface area contributed by atoms with Crippen molar-refractivity contribution in [3.63, 3.8) is 0 Å². The van der Waals surface area contributed by atoms with Crippen LogP contribution in [0.3, 0.4) is 0 Å². The summed E-state index contributed by atoms with van der Waals surface area (Å²) in [7, 11) is 1.68. The van der Waals surface area contributed by atoms with Crippen molar-refractivity contribution in [2.24, 2.45) is 5.92 Å². The molecule has 0 saturated carbocycles. The number of anilines is 1. The predicted molar refractivity (Wildman–Crippen MR) is 82.2 cm³/mol. The summed E-state index contributed by atoms with van der Waals surface area (Å²) in [6, 6.07) is 8.00. The number of amides is 1. The summed E-state index contributed by atoms with van der Waals surface area (Å²) in [5.74, 6) is 0.0776. The molecule has 0 spiro atoms. The summed E-state index contributed by atoms with van der Waals surface area (Å²) in [5, 5.41) is 6.33. The van der Waals surface area contributed by atoms with Crippen LogP contribution in [0.25, 0.3) is 0 Å². The van der Waals surface area contributed by atoms with Gasteiger partial charge >= 0.3 is 0 Å². The highest BCUT2D eigenvalue weighted by molar-refractivity contribution is 5.79. The molecule has 0 aromatic heterocycles. The molecule has 1 aromatic rings. The number of para-hydroxylation sites is 1. The molecular weight excluding hydrogens is 268 g/mol. The Morgan fingerprint density at radius 2 is 2.29 bits per heavy atom. The molecule has 1 heterocycles. The van der Waals surface area contributed by atoms with Crippen molar-refractivity contribution in [1.82, 2.24) is 5.32 Å². The Morgan fingerprint density at radius 1 is 1.43 bits per heavy atom. The molecule has 1 saturated heterocycles. The minimum absolute atomic E-state index is 0.00707. The van der Waals surface area contributed by atoms with Crippen LogP contribution < -0.4 is 10.6 Å². The van der Waals surface area contributed by atoms with Crippen molar-refractivity contribution in [3.8, 4) is 0 Å². The zero-order valence-corrected chi connectivity index (χ0v) is 12.6. The molecule has 1 amide bonds. The summed E-state index contributed by atoms with van der Waals surface area (Å²) in [6.07, 6.45) is 1.88. The Morgan fingerprint density at radius 3 is 3.05 bits per heavy atom. The van der Waals surface area contributed by atoms with Crippen LogP contribution in [-0.4, -0.2) is 39.4 Å². The molecule has 5 heteroatoms. The van der Waals surface area contributed by atoms with Crippen molar-refractivity contribution in [2.45, 2.75) is 19.4 Å². The highest BCUT2D eigenvalue weighted by Gasteiger charge is 2.21. The number of methoxy groups -OCH3 is 1. The SMILES string of the molecule is COCCNc1ccccc1CNC(=O)[C@@H]1CCCOC1. The first kappa shape index (κ1) is 15.8. The quantitative estimate of drug-likeness (QED) is 0.752. The predicted octanol–water partition coefficient (Wildman–Crippen LogP) is 1.79. The van der Waals surface area contributed by atoms with Crippen molar-refractivity contribution in [3.05, 3.63) is 29.8 Å². The molecule has 1 aliphatic rings. The number of carbonyl (C=O) groups excluding carboxylic acids is 1. The van der Waals surface area contributed by atoms with E-state index in [2.05, 4.69) is 10.6 Å². The van der Waals surface area contributed by atoms with E-state index in [4.69, 9.17) is 9.47 Å².